The molecule has 204 valence electrons. The molecule has 1 unspecified atom stereocenters. The van der Waals surface area contributed by atoms with Gasteiger partial charge in [-0.05, 0) is 60.5 Å². The molecule has 0 amide bonds. The maximum absolute atomic E-state index is 12.7. The predicted octanol–water partition coefficient (Wildman–Crippen LogP) is 3.61. The standard InChI is InChI=1S/C29H31N3O6S/c33-20-23(31-19-24(34)21-37-25-8-3-1-4-9-25)18-22-13-15-26(16-14-22)38-29-28(12-7-17-30-29)32-39(35,36)27-10-5-2-6-11-27/h1-17,23-24,31-34H,18-21H2/t23-,24?/m0/s1. The van der Waals surface area contributed by atoms with Crippen LogP contribution in [0, 0.1) is 0 Å². The smallest absolute Gasteiger partial charge is 0.262 e. The molecule has 0 aliphatic rings. The minimum Gasteiger partial charge on any atom is -0.491 e. The zero-order valence-electron chi connectivity index (χ0n) is 21.2. The highest BCUT2D eigenvalue weighted by Crippen LogP contribution is 2.29. The van der Waals surface area contributed by atoms with Crippen molar-refractivity contribution in [3.63, 3.8) is 0 Å². The van der Waals surface area contributed by atoms with Crippen LogP contribution < -0.4 is 19.5 Å². The Bertz CT molecular complexity index is 1400. The third-order valence-corrected chi connectivity index (χ3v) is 7.12. The molecule has 0 aliphatic heterocycles. The number of benzene rings is 3. The Balaban J connectivity index is 1.31. The zero-order valence-corrected chi connectivity index (χ0v) is 22.0. The topological polar surface area (TPSA) is 130 Å². The number of hydrogen-bond donors (Lipinski definition) is 4. The lowest BCUT2D eigenvalue weighted by atomic mass is 10.1. The number of nitrogens with zero attached hydrogens (tertiary/aromatic N) is 1. The highest BCUT2D eigenvalue weighted by atomic mass is 32.2. The average Bonchev–Trinajstić information content (AvgIpc) is 2.97. The number of aliphatic hydroxyl groups excluding tert-OH is 2. The van der Waals surface area contributed by atoms with Crippen LogP contribution in [0.5, 0.6) is 17.4 Å². The second kappa shape index (κ2) is 13.7. The first-order valence-corrected chi connectivity index (χ1v) is 13.9. The van der Waals surface area contributed by atoms with Crippen LogP contribution in [0.1, 0.15) is 5.56 Å². The third-order valence-electron chi connectivity index (χ3n) is 5.74. The molecule has 4 N–H and O–H groups in total. The summed E-state index contributed by atoms with van der Waals surface area (Å²) < 4.78 is 39.4. The molecule has 9 nitrogen and oxygen atoms in total. The Kier molecular flexibility index (Phi) is 9.87. The maximum Gasteiger partial charge on any atom is 0.262 e. The first-order valence-electron chi connectivity index (χ1n) is 12.4. The van der Waals surface area contributed by atoms with E-state index in [0.29, 0.717) is 17.9 Å². The minimum absolute atomic E-state index is 0.108. The third kappa shape index (κ3) is 8.52. The number of hydrogen-bond acceptors (Lipinski definition) is 8. The van der Waals surface area contributed by atoms with Gasteiger partial charge in [0.25, 0.3) is 10.0 Å². The van der Waals surface area contributed by atoms with E-state index in [4.69, 9.17) is 9.47 Å². The molecule has 4 aromatic rings. The monoisotopic (exact) mass is 549 g/mol. The molecule has 0 radical (unpaired) electrons. The summed E-state index contributed by atoms with van der Waals surface area (Å²) in [6.45, 7) is 0.294. The molecule has 0 saturated carbocycles. The fourth-order valence-electron chi connectivity index (χ4n) is 3.71. The Morgan fingerprint density at radius 1 is 0.846 bits per heavy atom. The van der Waals surface area contributed by atoms with Gasteiger partial charge in [0.05, 0.1) is 11.5 Å². The van der Waals surface area contributed by atoms with Crippen molar-refractivity contribution < 1.29 is 28.1 Å². The van der Waals surface area contributed by atoms with Gasteiger partial charge in [-0.1, -0.05) is 48.5 Å². The Morgan fingerprint density at radius 2 is 1.54 bits per heavy atom. The predicted molar refractivity (Wildman–Crippen MR) is 149 cm³/mol. The van der Waals surface area contributed by atoms with E-state index in [9.17, 15) is 18.6 Å². The minimum atomic E-state index is -3.81. The quantitative estimate of drug-likeness (QED) is 0.188. The first-order chi connectivity index (χ1) is 18.9. The summed E-state index contributed by atoms with van der Waals surface area (Å²) in [5.41, 5.74) is 1.15. The molecule has 39 heavy (non-hydrogen) atoms. The van der Waals surface area contributed by atoms with E-state index in [0.717, 1.165) is 5.56 Å². The Labute approximate surface area is 228 Å². The Hall–Kier alpha value is -3.96. The molecular weight excluding hydrogens is 518 g/mol. The molecule has 4 rings (SSSR count). The largest absolute Gasteiger partial charge is 0.491 e. The van der Waals surface area contributed by atoms with E-state index in [1.165, 1.54) is 18.3 Å². The highest BCUT2D eigenvalue weighted by Gasteiger charge is 2.17. The van der Waals surface area contributed by atoms with Gasteiger partial charge in [0.2, 0.25) is 5.88 Å². The van der Waals surface area contributed by atoms with Crippen molar-refractivity contribution in [2.75, 3.05) is 24.5 Å². The van der Waals surface area contributed by atoms with Crippen molar-refractivity contribution in [1.29, 1.82) is 0 Å². The van der Waals surface area contributed by atoms with Crippen molar-refractivity contribution in [3.05, 3.63) is 109 Å². The van der Waals surface area contributed by atoms with Crippen LogP contribution in [0.15, 0.2) is 108 Å². The second-order valence-electron chi connectivity index (χ2n) is 8.79. The zero-order chi connectivity index (χ0) is 27.5. The molecule has 0 fully saturated rings. The number of sulfonamides is 1. The number of para-hydroxylation sites is 1. The van der Waals surface area contributed by atoms with Crippen molar-refractivity contribution in [2.24, 2.45) is 0 Å². The van der Waals surface area contributed by atoms with Crippen LogP contribution in [-0.2, 0) is 16.4 Å². The first kappa shape index (κ1) is 28.1. The van der Waals surface area contributed by atoms with E-state index in [1.54, 1.807) is 42.5 Å². The van der Waals surface area contributed by atoms with Gasteiger partial charge in [0.15, 0.2) is 0 Å². The number of anilines is 1. The van der Waals surface area contributed by atoms with Crippen molar-refractivity contribution in [3.8, 4) is 17.4 Å². The molecule has 1 heterocycles. The second-order valence-corrected chi connectivity index (χ2v) is 10.5. The van der Waals surface area contributed by atoms with Gasteiger partial charge in [-0.25, -0.2) is 13.4 Å². The lowest BCUT2D eigenvalue weighted by Crippen LogP contribution is -2.41. The van der Waals surface area contributed by atoms with E-state index >= 15 is 0 Å². The summed E-state index contributed by atoms with van der Waals surface area (Å²) in [5.74, 6) is 1.27. The van der Waals surface area contributed by atoms with Crippen LogP contribution in [0.4, 0.5) is 5.69 Å². The summed E-state index contributed by atoms with van der Waals surface area (Å²) in [7, 11) is -3.81. The molecule has 3 aromatic carbocycles. The van der Waals surface area contributed by atoms with Crippen LogP contribution in [-0.4, -0.2) is 55.5 Å². The molecular formula is C29H31N3O6S. The van der Waals surface area contributed by atoms with Crippen LogP contribution in [0.3, 0.4) is 0 Å². The Morgan fingerprint density at radius 3 is 2.23 bits per heavy atom. The van der Waals surface area contributed by atoms with E-state index in [-0.39, 0.29) is 42.3 Å². The number of nitrogens with one attached hydrogen (secondary N) is 2. The van der Waals surface area contributed by atoms with E-state index < -0.39 is 16.1 Å². The maximum atomic E-state index is 12.7. The lowest BCUT2D eigenvalue weighted by molar-refractivity contribution is 0.0997. The van der Waals surface area contributed by atoms with Gasteiger partial charge in [-0.3, -0.25) is 4.72 Å². The molecule has 10 heteroatoms. The number of ether oxygens (including phenoxy) is 2. The average molecular weight is 550 g/mol. The van der Waals surface area contributed by atoms with Crippen LogP contribution in [0.25, 0.3) is 0 Å². The lowest BCUT2D eigenvalue weighted by Gasteiger charge is -2.19. The van der Waals surface area contributed by atoms with Crippen LogP contribution in [0.2, 0.25) is 0 Å². The normalized spacial score (nSPS) is 12.9. The van der Waals surface area contributed by atoms with Gasteiger partial charge < -0.3 is 25.0 Å². The molecule has 1 aromatic heterocycles. The van der Waals surface area contributed by atoms with Crippen molar-refractivity contribution in [2.45, 2.75) is 23.5 Å². The number of rotatable bonds is 14. The number of aromatic nitrogens is 1. The van der Waals surface area contributed by atoms with Gasteiger partial charge in [-0.15, -0.1) is 0 Å². The van der Waals surface area contributed by atoms with Gasteiger partial charge >= 0.3 is 0 Å². The van der Waals surface area contributed by atoms with Gasteiger partial charge in [0, 0.05) is 18.8 Å². The molecule has 0 spiro atoms. The fourth-order valence-corrected chi connectivity index (χ4v) is 4.79. The summed E-state index contributed by atoms with van der Waals surface area (Å²) in [6.07, 6.45) is 1.30. The molecule has 0 bridgehead atoms. The van der Waals surface area contributed by atoms with Crippen LogP contribution >= 0.6 is 0 Å². The highest BCUT2D eigenvalue weighted by molar-refractivity contribution is 7.92. The number of pyridine rings is 1. The summed E-state index contributed by atoms with van der Waals surface area (Å²) in [6, 6.07) is 27.4. The fraction of sp³-hybridized carbons (Fsp3) is 0.207. The van der Waals surface area contributed by atoms with Gasteiger partial charge in [0.1, 0.15) is 29.9 Å². The van der Waals surface area contributed by atoms with E-state index in [2.05, 4.69) is 15.0 Å². The van der Waals surface area contributed by atoms with Gasteiger partial charge in [-0.2, -0.15) is 0 Å². The molecule has 2 atom stereocenters. The summed E-state index contributed by atoms with van der Waals surface area (Å²) in [5, 5.41) is 23.2. The number of aliphatic hydroxyl groups is 2. The molecule has 0 saturated heterocycles. The van der Waals surface area contributed by atoms with Crippen molar-refractivity contribution in [1.82, 2.24) is 10.3 Å². The summed E-state index contributed by atoms with van der Waals surface area (Å²) in [4.78, 5) is 4.32. The summed E-state index contributed by atoms with van der Waals surface area (Å²) >= 11 is 0. The SMILES string of the molecule is O=S(=O)(Nc1cccnc1Oc1ccc(C[C@@H](CO)NCC(O)COc2ccccc2)cc1)c1ccccc1. The van der Waals surface area contributed by atoms with E-state index in [1.807, 2.05) is 42.5 Å². The van der Waals surface area contributed by atoms with Crippen molar-refractivity contribution >= 4 is 15.7 Å². The molecule has 0 aliphatic carbocycles.